The van der Waals surface area contributed by atoms with Gasteiger partial charge in [0.25, 0.3) is 5.56 Å². The van der Waals surface area contributed by atoms with Crippen molar-refractivity contribution in [2.45, 2.75) is 27.3 Å². The van der Waals surface area contributed by atoms with Crippen LogP contribution in [0.1, 0.15) is 22.6 Å². The van der Waals surface area contributed by atoms with E-state index in [1.807, 2.05) is 19.9 Å². The lowest BCUT2D eigenvalue weighted by atomic mass is 10.1. The summed E-state index contributed by atoms with van der Waals surface area (Å²) in [5.74, 6) is 0.316. The summed E-state index contributed by atoms with van der Waals surface area (Å²) in [7, 11) is 0. The van der Waals surface area contributed by atoms with Crippen LogP contribution in [0.4, 0.5) is 4.39 Å². The standard InChI is InChI=1S/C17H16FN3O2/c1-10-6-13(8-14(18)7-10)9-21-16(22)5-4-15(19-21)17-11(2)20-23-12(17)3/h4-8H,9H2,1-3H3. The van der Waals surface area contributed by atoms with Gasteiger partial charge in [-0.1, -0.05) is 11.2 Å². The van der Waals surface area contributed by atoms with Gasteiger partial charge in [0.2, 0.25) is 0 Å². The molecule has 0 amide bonds. The van der Waals surface area contributed by atoms with Crippen molar-refractivity contribution >= 4 is 0 Å². The summed E-state index contributed by atoms with van der Waals surface area (Å²) in [6.07, 6.45) is 0. The molecule has 0 saturated carbocycles. The number of halogens is 1. The summed E-state index contributed by atoms with van der Waals surface area (Å²) in [6.45, 7) is 5.62. The van der Waals surface area contributed by atoms with Gasteiger partial charge in [0, 0.05) is 6.07 Å². The summed E-state index contributed by atoms with van der Waals surface area (Å²) >= 11 is 0. The zero-order valence-corrected chi connectivity index (χ0v) is 13.1. The van der Waals surface area contributed by atoms with Crippen LogP contribution in [0.5, 0.6) is 0 Å². The predicted molar refractivity (Wildman–Crippen MR) is 83.7 cm³/mol. The summed E-state index contributed by atoms with van der Waals surface area (Å²) < 4.78 is 20.0. The first-order chi connectivity index (χ1) is 10.9. The second-order valence-electron chi connectivity index (χ2n) is 5.55. The van der Waals surface area contributed by atoms with E-state index in [4.69, 9.17) is 4.52 Å². The highest BCUT2D eigenvalue weighted by Crippen LogP contribution is 2.24. The maximum atomic E-state index is 13.5. The van der Waals surface area contributed by atoms with Crippen LogP contribution >= 0.6 is 0 Å². The Morgan fingerprint density at radius 2 is 1.96 bits per heavy atom. The Morgan fingerprint density at radius 3 is 2.61 bits per heavy atom. The molecule has 0 fully saturated rings. The van der Waals surface area contributed by atoms with Gasteiger partial charge in [-0.05, 0) is 50.1 Å². The molecule has 0 saturated heterocycles. The molecule has 0 aliphatic heterocycles. The third-order valence-electron chi connectivity index (χ3n) is 3.59. The van der Waals surface area contributed by atoms with Crippen molar-refractivity contribution in [3.8, 4) is 11.3 Å². The van der Waals surface area contributed by atoms with Gasteiger partial charge >= 0.3 is 0 Å². The molecule has 0 radical (unpaired) electrons. The molecular formula is C17H16FN3O2. The summed E-state index contributed by atoms with van der Waals surface area (Å²) in [5.41, 5.74) is 3.33. The number of aromatic nitrogens is 3. The molecule has 2 aromatic heterocycles. The lowest BCUT2D eigenvalue weighted by Gasteiger charge is -2.08. The van der Waals surface area contributed by atoms with Gasteiger partial charge in [-0.25, -0.2) is 9.07 Å². The minimum Gasteiger partial charge on any atom is -0.361 e. The number of aryl methyl sites for hydroxylation is 3. The fourth-order valence-corrected chi connectivity index (χ4v) is 2.62. The summed E-state index contributed by atoms with van der Waals surface area (Å²) in [6, 6.07) is 7.77. The number of benzene rings is 1. The minimum atomic E-state index is -0.324. The van der Waals surface area contributed by atoms with E-state index in [1.165, 1.54) is 22.9 Å². The first-order valence-corrected chi connectivity index (χ1v) is 7.21. The van der Waals surface area contributed by atoms with E-state index in [2.05, 4.69) is 10.3 Å². The average Bonchev–Trinajstić information content (AvgIpc) is 2.80. The molecule has 2 heterocycles. The third-order valence-corrected chi connectivity index (χ3v) is 3.59. The largest absolute Gasteiger partial charge is 0.361 e. The van der Waals surface area contributed by atoms with Crippen LogP contribution in [0.3, 0.4) is 0 Å². The molecule has 1 aromatic carbocycles. The first-order valence-electron chi connectivity index (χ1n) is 7.21. The van der Waals surface area contributed by atoms with Crippen molar-refractivity contribution in [1.29, 1.82) is 0 Å². The molecule has 6 heteroatoms. The monoisotopic (exact) mass is 313 g/mol. The SMILES string of the molecule is Cc1cc(F)cc(Cn2nc(-c3c(C)noc3C)ccc2=O)c1. The van der Waals surface area contributed by atoms with Crippen molar-refractivity contribution < 1.29 is 8.91 Å². The highest BCUT2D eigenvalue weighted by Gasteiger charge is 2.14. The second-order valence-corrected chi connectivity index (χ2v) is 5.55. The van der Waals surface area contributed by atoms with Gasteiger partial charge in [-0.2, -0.15) is 5.10 Å². The van der Waals surface area contributed by atoms with Gasteiger partial charge in [-0.3, -0.25) is 4.79 Å². The number of rotatable bonds is 3. The molecule has 0 atom stereocenters. The zero-order chi connectivity index (χ0) is 16.6. The van der Waals surface area contributed by atoms with E-state index in [-0.39, 0.29) is 17.9 Å². The van der Waals surface area contributed by atoms with Crippen LogP contribution in [-0.2, 0) is 6.54 Å². The van der Waals surface area contributed by atoms with Gasteiger partial charge < -0.3 is 4.52 Å². The maximum Gasteiger partial charge on any atom is 0.267 e. The van der Waals surface area contributed by atoms with E-state index in [0.717, 1.165) is 11.1 Å². The average molecular weight is 313 g/mol. The van der Waals surface area contributed by atoms with Crippen molar-refractivity contribution in [3.05, 3.63) is 69.1 Å². The maximum absolute atomic E-state index is 13.5. The molecule has 0 aliphatic rings. The number of hydrogen-bond donors (Lipinski definition) is 0. The van der Waals surface area contributed by atoms with Gasteiger partial charge in [0.05, 0.1) is 23.5 Å². The Morgan fingerprint density at radius 1 is 1.17 bits per heavy atom. The molecule has 23 heavy (non-hydrogen) atoms. The van der Waals surface area contributed by atoms with Crippen LogP contribution in [0.15, 0.2) is 39.6 Å². The van der Waals surface area contributed by atoms with Gasteiger partial charge in [0.15, 0.2) is 0 Å². The quantitative estimate of drug-likeness (QED) is 0.746. The highest BCUT2D eigenvalue weighted by atomic mass is 19.1. The van der Waals surface area contributed by atoms with Crippen LogP contribution in [0, 0.1) is 26.6 Å². The molecule has 0 unspecified atom stereocenters. The molecule has 0 spiro atoms. The van der Waals surface area contributed by atoms with E-state index in [9.17, 15) is 9.18 Å². The Balaban J connectivity index is 2.03. The van der Waals surface area contributed by atoms with E-state index >= 15 is 0 Å². The third kappa shape index (κ3) is 3.06. The molecule has 0 aliphatic carbocycles. The lowest BCUT2D eigenvalue weighted by Crippen LogP contribution is -2.23. The van der Waals surface area contributed by atoms with E-state index in [0.29, 0.717) is 22.7 Å². The van der Waals surface area contributed by atoms with Gasteiger partial charge in [-0.15, -0.1) is 0 Å². The minimum absolute atomic E-state index is 0.203. The predicted octanol–water partition coefficient (Wildman–Crippen LogP) is 3.01. The fourth-order valence-electron chi connectivity index (χ4n) is 2.62. The molecule has 118 valence electrons. The Labute approximate surface area is 132 Å². The summed E-state index contributed by atoms with van der Waals surface area (Å²) in [4.78, 5) is 12.1. The lowest BCUT2D eigenvalue weighted by molar-refractivity contribution is 0.393. The second kappa shape index (κ2) is 5.79. The molecular weight excluding hydrogens is 297 g/mol. The zero-order valence-electron chi connectivity index (χ0n) is 13.1. The molecule has 0 bridgehead atoms. The number of hydrogen-bond acceptors (Lipinski definition) is 4. The van der Waals surface area contributed by atoms with Crippen LogP contribution in [0.25, 0.3) is 11.3 Å². The molecule has 3 aromatic rings. The Hall–Kier alpha value is -2.76. The molecule has 0 N–H and O–H groups in total. The summed E-state index contributed by atoms with van der Waals surface area (Å²) in [5, 5.41) is 8.27. The smallest absolute Gasteiger partial charge is 0.267 e. The van der Waals surface area contributed by atoms with Crippen molar-refractivity contribution in [2.24, 2.45) is 0 Å². The van der Waals surface area contributed by atoms with Crippen molar-refractivity contribution in [2.75, 3.05) is 0 Å². The normalized spacial score (nSPS) is 11.0. The van der Waals surface area contributed by atoms with Gasteiger partial charge in [0.1, 0.15) is 11.6 Å². The Bertz CT molecular complexity index is 888. The van der Waals surface area contributed by atoms with Crippen LogP contribution in [0.2, 0.25) is 0 Å². The van der Waals surface area contributed by atoms with Crippen molar-refractivity contribution in [3.63, 3.8) is 0 Å². The fraction of sp³-hybridized carbons (Fsp3) is 0.235. The molecule has 5 nitrogen and oxygen atoms in total. The van der Waals surface area contributed by atoms with Crippen LogP contribution in [-0.4, -0.2) is 14.9 Å². The molecule has 3 rings (SSSR count). The van der Waals surface area contributed by atoms with E-state index in [1.54, 1.807) is 13.0 Å². The number of nitrogens with zero attached hydrogens (tertiary/aromatic N) is 3. The van der Waals surface area contributed by atoms with Crippen molar-refractivity contribution in [1.82, 2.24) is 14.9 Å². The topological polar surface area (TPSA) is 60.9 Å². The van der Waals surface area contributed by atoms with E-state index < -0.39 is 0 Å². The first kappa shape index (κ1) is 15.1. The Kier molecular flexibility index (Phi) is 3.82. The highest BCUT2D eigenvalue weighted by molar-refractivity contribution is 5.62. The van der Waals surface area contributed by atoms with Crippen LogP contribution < -0.4 is 5.56 Å².